The molecule has 0 saturated heterocycles. The lowest BCUT2D eigenvalue weighted by Gasteiger charge is -2.19. The summed E-state index contributed by atoms with van der Waals surface area (Å²) in [7, 11) is 5.34. The van der Waals surface area contributed by atoms with E-state index in [1.807, 2.05) is 37.2 Å². The third-order valence-corrected chi connectivity index (χ3v) is 3.21. The Morgan fingerprint density at radius 1 is 1.45 bits per heavy atom. The fraction of sp³-hybridized carbons (Fsp3) is 0.500. The number of amides is 1. The summed E-state index contributed by atoms with van der Waals surface area (Å²) in [5.74, 6) is -0.0417. The number of ether oxygens (including phenoxy) is 1. The maximum absolute atomic E-state index is 11.7. The molecule has 1 aromatic carbocycles. The highest BCUT2D eigenvalue weighted by molar-refractivity contribution is 6.31. The smallest absolute Gasteiger partial charge is 0.239 e. The van der Waals surface area contributed by atoms with Gasteiger partial charge in [-0.2, -0.15) is 0 Å². The summed E-state index contributed by atoms with van der Waals surface area (Å²) in [5.41, 5.74) is 1.95. The maximum Gasteiger partial charge on any atom is 0.239 e. The summed E-state index contributed by atoms with van der Waals surface area (Å²) in [6.07, 6.45) is 0. The number of carbonyl (C=O) groups excluding carboxylic acids is 1. The Bertz CT molecular complexity index is 440. The van der Waals surface area contributed by atoms with Gasteiger partial charge in [-0.3, -0.25) is 4.79 Å². The molecule has 0 aliphatic carbocycles. The number of hydrogen-bond acceptors (Lipinski definition) is 4. The van der Waals surface area contributed by atoms with Crippen molar-refractivity contribution in [2.45, 2.75) is 6.54 Å². The van der Waals surface area contributed by atoms with Gasteiger partial charge < -0.3 is 20.3 Å². The molecule has 0 aliphatic rings. The molecule has 2 N–H and O–H groups in total. The average Bonchev–Trinajstić information content (AvgIpc) is 2.41. The zero-order chi connectivity index (χ0) is 15.0. The van der Waals surface area contributed by atoms with Crippen LogP contribution in [-0.4, -0.2) is 46.8 Å². The van der Waals surface area contributed by atoms with Crippen LogP contribution in [-0.2, 0) is 16.1 Å². The van der Waals surface area contributed by atoms with E-state index in [-0.39, 0.29) is 12.5 Å². The fourth-order valence-electron chi connectivity index (χ4n) is 1.76. The van der Waals surface area contributed by atoms with Crippen LogP contribution in [0.3, 0.4) is 0 Å². The molecule has 1 amide bonds. The maximum atomic E-state index is 11.7. The van der Waals surface area contributed by atoms with E-state index in [0.717, 1.165) is 17.8 Å². The highest BCUT2D eigenvalue weighted by Gasteiger charge is 2.09. The highest BCUT2D eigenvalue weighted by atomic mass is 35.5. The standard InChI is InChI=1S/C14H22ClN3O2/c1-16-9-11-4-5-12(8-13(11)15)18(2)10-14(19)17-6-7-20-3/h4-5,8,16H,6-7,9-10H2,1-3H3,(H,17,19). The van der Waals surface area contributed by atoms with Crippen molar-refractivity contribution in [1.82, 2.24) is 10.6 Å². The van der Waals surface area contributed by atoms with E-state index in [0.29, 0.717) is 18.2 Å². The Kier molecular flexibility index (Phi) is 7.36. The zero-order valence-corrected chi connectivity index (χ0v) is 13.0. The molecular weight excluding hydrogens is 278 g/mol. The van der Waals surface area contributed by atoms with Crippen molar-refractivity contribution >= 4 is 23.2 Å². The summed E-state index contributed by atoms with van der Waals surface area (Å²) in [5, 5.41) is 6.54. The first-order chi connectivity index (χ1) is 9.58. The lowest BCUT2D eigenvalue weighted by molar-refractivity contribution is -0.119. The van der Waals surface area contributed by atoms with E-state index >= 15 is 0 Å². The second kappa shape index (κ2) is 8.79. The molecule has 20 heavy (non-hydrogen) atoms. The van der Waals surface area contributed by atoms with Gasteiger partial charge in [-0.25, -0.2) is 0 Å². The van der Waals surface area contributed by atoms with E-state index in [4.69, 9.17) is 16.3 Å². The van der Waals surface area contributed by atoms with Gasteiger partial charge in [-0.05, 0) is 24.7 Å². The molecule has 0 bridgehead atoms. The van der Waals surface area contributed by atoms with Gasteiger partial charge in [0.05, 0.1) is 13.2 Å². The molecular formula is C14H22ClN3O2. The quantitative estimate of drug-likeness (QED) is 0.710. The molecule has 0 aliphatic heterocycles. The number of carbonyl (C=O) groups is 1. The Hall–Kier alpha value is -1.30. The van der Waals surface area contributed by atoms with E-state index in [9.17, 15) is 4.79 Å². The minimum Gasteiger partial charge on any atom is -0.383 e. The molecule has 1 rings (SSSR count). The fourth-order valence-corrected chi connectivity index (χ4v) is 2.00. The zero-order valence-electron chi connectivity index (χ0n) is 12.2. The summed E-state index contributed by atoms with van der Waals surface area (Å²) in [6.45, 7) is 2.04. The Balaban J connectivity index is 2.56. The van der Waals surface area contributed by atoms with Crippen LogP contribution in [0.1, 0.15) is 5.56 Å². The number of halogens is 1. The Labute approximate surface area is 125 Å². The van der Waals surface area contributed by atoms with Crippen molar-refractivity contribution in [1.29, 1.82) is 0 Å². The van der Waals surface area contributed by atoms with E-state index < -0.39 is 0 Å². The molecule has 0 saturated carbocycles. The van der Waals surface area contributed by atoms with Gasteiger partial charge >= 0.3 is 0 Å². The van der Waals surface area contributed by atoms with Gasteiger partial charge in [0.1, 0.15) is 0 Å². The number of methoxy groups -OCH3 is 1. The highest BCUT2D eigenvalue weighted by Crippen LogP contribution is 2.22. The van der Waals surface area contributed by atoms with Crippen LogP contribution >= 0.6 is 11.6 Å². The van der Waals surface area contributed by atoms with Crippen LogP contribution in [0.2, 0.25) is 5.02 Å². The van der Waals surface area contributed by atoms with Crippen molar-refractivity contribution in [2.75, 3.05) is 45.8 Å². The summed E-state index contributed by atoms with van der Waals surface area (Å²) in [4.78, 5) is 13.6. The summed E-state index contributed by atoms with van der Waals surface area (Å²) >= 11 is 6.21. The van der Waals surface area contributed by atoms with Crippen LogP contribution in [0.25, 0.3) is 0 Å². The SMILES string of the molecule is CNCc1ccc(N(C)CC(=O)NCCOC)cc1Cl. The molecule has 0 radical (unpaired) electrons. The van der Waals surface area contributed by atoms with Crippen LogP contribution in [0.15, 0.2) is 18.2 Å². The Morgan fingerprint density at radius 2 is 2.20 bits per heavy atom. The third kappa shape index (κ3) is 5.36. The van der Waals surface area contributed by atoms with E-state index in [1.54, 1.807) is 7.11 Å². The minimum atomic E-state index is -0.0417. The van der Waals surface area contributed by atoms with E-state index in [2.05, 4.69) is 10.6 Å². The van der Waals surface area contributed by atoms with Gasteiger partial charge in [-0.15, -0.1) is 0 Å². The van der Waals surface area contributed by atoms with Crippen molar-refractivity contribution in [3.63, 3.8) is 0 Å². The predicted molar refractivity (Wildman–Crippen MR) is 82.4 cm³/mol. The molecule has 5 nitrogen and oxygen atoms in total. The Morgan fingerprint density at radius 3 is 2.80 bits per heavy atom. The summed E-state index contributed by atoms with van der Waals surface area (Å²) in [6, 6.07) is 5.80. The predicted octanol–water partition coefficient (Wildman–Crippen LogP) is 1.26. The summed E-state index contributed by atoms with van der Waals surface area (Å²) < 4.78 is 4.88. The molecule has 0 atom stereocenters. The first kappa shape index (κ1) is 16.8. The van der Waals surface area contributed by atoms with Gasteiger partial charge in [0.15, 0.2) is 0 Å². The average molecular weight is 300 g/mol. The number of nitrogens with zero attached hydrogens (tertiary/aromatic N) is 1. The van der Waals surface area contributed by atoms with Crippen molar-refractivity contribution in [3.05, 3.63) is 28.8 Å². The van der Waals surface area contributed by atoms with Crippen molar-refractivity contribution in [3.8, 4) is 0 Å². The number of hydrogen-bond donors (Lipinski definition) is 2. The first-order valence-electron chi connectivity index (χ1n) is 6.48. The number of benzene rings is 1. The molecule has 6 heteroatoms. The molecule has 0 heterocycles. The topological polar surface area (TPSA) is 53.6 Å². The largest absolute Gasteiger partial charge is 0.383 e. The number of likely N-dealkylation sites (N-methyl/N-ethyl adjacent to an activating group) is 1. The second-order valence-corrected chi connectivity index (χ2v) is 4.91. The molecule has 0 unspecified atom stereocenters. The second-order valence-electron chi connectivity index (χ2n) is 4.50. The normalized spacial score (nSPS) is 10.4. The van der Waals surface area contributed by atoms with E-state index in [1.165, 1.54) is 0 Å². The van der Waals surface area contributed by atoms with Crippen LogP contribution in [0.4, 0.5) is 5.69 Å². The molecule has 0 aromatic heterocycles. The van der Waals surface area contributed by atoms with Crippen LogP contribution in [0.5, 0.6) is 0 Å². The van der Waals surface area contributed by atoms with Crippen LogP contribution in [0, 0.1) is 0 Å². The number of rotatable bonds is 8. The van der Waals surface area contributed by atoms with Gasteiger partial charge in [-0.1, -0.05) is 17.7 Å². The van der Waals surface area contributed by atoms with Gasteiger partial charge in [0.2, 0.25) is 5.91 Å². The molecule has 1 aromatic rings. The minimum absolute atomic E-state index is 0.0417. The molecule has 0 fully saturated rings. The first-order valence-corrected chi connectivity index (χ1v) is 6.86. The molecule has 0 spiro atoms. The monoisotopic (exact) mass is 299 g/mol. The molecule has 112 valence electrons. The van der Waals surface area contributed by atoms with Gasteiger partial charge in [0.25, 0.3) is 0 Å². The van der Waals surface area contributed by atoms with Crippen molar-refractivity contribution < 1.29 is 9.53 Å². The third-order valence-electron chi connectivity index (χ3n) is 2.85. The lowest BCUT2D eigenvalue weighted by Crippen LogP contribution is -2.36. The van der Waals surface area contributed by atoms with Crippen LogP contribution < -0.4 is 15.5 Å². The van der Waals surface area contributed by atoms with Crippen molar-refractivity contribution in [2.24, 2.45) is 0 Å². The number of anilines is 1. The number of nitrogens with one attached hydrogen (secondary N) is 2. The van der Waals surface area contributed by atoms with Gasteiger partial charge in [0, 0.05) is 38.0 Å². The lowest BCUT2D eigenvalue weighted by atomic mass is 10.2.